The molecule has 1 atom stereocenters. The zero-order valence-corrected chi connectivity index (χ0v) is 15.5. The quantitative estimate of drug-likeness (QED) is 0.769. The molecular formula is C17H23N3O3S. The Morgan fingerprint density at radius 1 is 1.38 bits per heavy atom. The van der Waals surface area contributed by atoms with Gasteiger partial charge >= 0.3 is 0 Å². The summed E-state index contributed by atoms with van der Waals surface area (Å²) in [5, 5.41) is 4.04. The average molecular weight is 349 g/mol. The van der Waals surface area contributed by atoms with Crippen LogP contribution in [0.25, 0.3) is 0 Å². The van der Waals surface area contributed by atoms with Gasteiger partial charge in [-0.15, -0.1) is 0 Å². The SMILES string of the molecule is COc1ccc(CN(C(=O)[C@H](C)SC)c2cnn(C)c2)c(OC)c1. The van der Waals surface area contributed by atoms with Crippen molar-refractivity contribution in [3.63, 3.8) is 0 Å². The smallest absolute Gasteiger partial charge is 0.240 e. The first-order valence-corrected chi connectivity index (χ1v) is 8.82. The normalized spacial score (nSPS) is 11.9. The molecule has 0 unspecified atom stereocenters. The zero-order valence-electron chi connectivity index (χ0n) is 14.6. The van der Waals surface area contributed by atoms with Crippen molar-refractivity contribution in [2.75, 3.05) is 25.4 Å². The number of nitrogens with zero attached hydrogens (tertiary/aromatic N) is 3. The van der Waals surface area contributed by atoms with Crippen LogP contribution in [0.5, 0.6) is 11.5 Å². The van der Waals surface area contributed by atoms with Crippen molar-refractivity contribution in [2.45, 2.75) is 18.7 Å². The highest BCUT2D eigenvalue weighted by Gasteiger charge is 2.24. The number of hydrogen-bond acceptors (Lipinski definition) is 5. The third-order valence-corrected chi connectivity index (χ3v) is 4.70. The van der Waals surface area contributed by atoms with Gasteiger partial charge in [0.25, 0.3) is 0 Å². The molecule has 1 amide bonds. The van der Waals surface area contributed by atoms with Gasteiger partial charge in [-0.3, -0.25) is 9.48 Å². The number of carbonyl (C=O) groups excluding carboxylic acids is 1. The maximum atomic E-state index is 12.8. The van der Waals surface area contributed by atoms with Crippen LogP contribution in [0, 0.1) is 0 Å². The Hall–Kier alpha value is -2.15. The minimum atomic E-state index is -0.144. The maximum absolute atomic E-state index is 12.8. The van der Waals surface area contributed by atoms with Crippen molar-refractivity contribution in [3.8, 4) is 11.5 Å². The summed E-state index contributed by atoms with van der Waals surface area (Å²) in [5.41, 5.74) is 1.67. The molecule has 2 aromatic rings. The number of aryl methyl sites for hydroxylation is 1. The molecule has 1 aromatic carbocycles. The minimum Gasteiger partial charge on any atom is -0.497 e. The van der Waals surface area contributed by atoms with Crippen LogP contribution in [-0.2, 0) is 18.4 Å². The summed E-state index contributed by atoms with van der Waals surface area (Å²) in [6.07, 6.45) is 5.46. The standard InChI is InChI=1S/C17H23N3O3S/c1-12(24-5)17(21)20(14-9-18-19(2)11-14)10-13-6-7-15(22-3)8-16(13)23-4/h6-9,11-12H,10H2,1-5H3/t12-/m0/s1. The van der Waals surface area contributed by atoms with Gasteiger partial charge in [0, 0.05) is 24.9 Å². The molecule has 7 heteroatoms. The molecule has 0 spiro atoms. The fourth-order valence-corrected chi connectivity index (χ4v) is 2.65. The highest BCUT2D eigenvalue weighted by Crippen LogP contribution is 2.28. The van der Waals surface area contributed by atoms with Crippen molar-refractivity contribution in [1.29, 1.82) is 0 Å². The highest BCUT2D eigenvalue weighted by molar-refractivity contribution is 7.99. The molecule has 0 fully saturated rings. The molecule has 1 heterocycles. The largest absolute Gasteiger partial charge is 0.497 e. The van der Waals surface area contributed by atoms with Gasteiger partial charge in [-0.1, -0.05) is 0 Å². The van der Waals surface area contributed by atoms with Gasteiger partial charge in [0.1, 0.15) is 11.5 Å². The third kappa shape index (κ3) is 4.03. The molecule has 0 aliphatic heterocycles. The van der Waals surface area contributed by atoms with Gasteiger partial charge in [-0.25, -0.2) is 0 Å². The maximum Gasteiger partial charge on any atom is 0.240 e. The molecule has 0 saturated heterocycles. The number of anilines is 1. The van der Waals surface area contributed by atoms with Crippen LogP contribution < -0.4 is 14.4 Å². The van der Waals surface area contributed by atoms with Gasteiger partial charge in [-0.05, 0) is 25.3 Å². The highest BCUT2D eigenvalue weighted by atomic mass is 32.2. The van der Waals surface area contributed by atoms with Crippen LogP contribution in [0.15, 0.2) is 30.6 Å². The summed E-state index contributed by atoms with van der Waals surface area (Å²) < 4.78 is 12.4. The number of amides is 1. The summed E-state index contributed by atoms with van der Waals surface area (Å²) >= 11 is 1.52. The van der Waals surface area contributed by atoms with Crippen molar-refractivity contribution in [1.82, 2.24) is 9.78 Å². The predicted octanol–water partition coefficient (Wildman–Crippen LogP) is 2.72. The van der Waals surface area contributed by atoms with E-state index in [2.05, 4.69) is 5.10 Å². The lowest BCUT2D eigenvalue weighted by atomic mass is 10.1. The lowest BCUT2D eigenvalue weighted by molar-refractivity contribution is -0.118. The van der Waals surface area contributed by atoms with Crippen LogP contribution in [0.4, 0.5) is 5.69 Å². The first-order valence-electron chi connectivity index (χ1n) is 7.53. The van der Waals surface area contributed by atoms with Crippen LogP contribution in [0.2, 0.25) is 0 Å². The van der Waals surface area contributed by atoms with Gasteiger partial charge < -0.3 is 14.4 Å². The van der Waals surface area contributed by atoms with Crippen LogP contribution >= 0.6 is 11.8 Å². The molecule has 0 aliphatic carbocycles. The van der Waals surface area contributed by atoms with Gasteiger partial charge in [-0.2, -0.15) is 16.9 Å². The van der Waals surface area contributed by atoms with Crippen molar-refractivity contribution in [2.24, 2.45) is 7.05 Å². The number of hydrogen-bond donors (Lipinski definition) is 0. The Kier molecular flexibility index (Phi) is 6.14. The van der Waals surface area contributed by atoms with Gasteiger partial charge in [0.2, 0.25) is 5.91 Å². The molecule has 0 saturated carbocycles. The monoisotopic (exact) mass is 349 g/mol. The molecule has 2 rings (SSSR count). The van der Waals surface area contributed by atoms with E-state index in [1.54, 1.807) is 30.0 Å². The van der Waals surface area contributed by atoms with E-state index >= 15 is 0 Å². The molecule has 0 radical (unpaired) electrons. The first kappa shape index (κ1) is 18.2. The van der Waals surface area contributed by atoms with E-state index in [0.717, 1.165) is 11.3 Å². The van der Waals surface area contributed by atoms with E-state index in [1.807, 2.05) is 44.6 Å². The third-order valence-electron chi connectivity index (χ3n) is 3.79. The summed E-state index contributed by atoms with van der Waals surface area (Å²) in [7, 11) is 5.05. The predicted molar refractivity (Wildman–Crippen MR) is 96.9 cm³/mol. The number of ether oxygens (including phenoxy) is 2. The number of thioether (sulfide) groups is 1. The van der Waals surface area contributed by atoms with E-state index in [9.17, 15) is 4.79 Å². The van der Waals surface area contributed by atoms with E-state index in [0.29, 0.717) is 18.0 Å². The molecule has 130 valence electrons. The summed E-state index contributed by atoms with van der Waals surface area (Å²) in [6.45, 7) is 2.31. The minimum absolute atomic E-state index is 0.0355. The lowest BCUT2D eigenvalue weighted by Gasteiger charge is -2.25. The van der Waals surface area contributed by atoms with Crippen molar-refractivity contribution < 1.29 is 14.3 Å². The molecule has 1 aromatic heterocycles. The molecule has 24 heavy (non-hydrogen) atoms. The van der Waals surface area contributed by atoms with Gasteiger partial charge in [0.05, 0.1) is 37.9 Å². The number of rotatable bonds is 7. The second-order valence-corrected chi connectivity index (χ2v) is 6.53. The Labute approximate surface area is 146 Å². The zero-order chi connectivity index (χ0) is 17.7. The summed E-state index contributed by atoms with van der Waals surface area (Å²) in [6, 6.07) is 5.60. The van der Waals surface area contributed by atoms with E-state index in [4.69, 9.17) is 9.47 Å². The van der Waals surface area contributed by atoms with Crippen LogP contribution in [0.1, 0.15) is 12.5 Å². The summed E-state index contributed by atoms with van der Waals surface area (Å²) in [4.78, 5) is 14.5. The molecular weight excluding hydrogens is 326 g/mol. The Morgan fingerprint density at radius 3 is 2.67 bits per heavy atom. The summed E-state index contributed by atoms with van der Waals surface area (Å²) in [5.74, 6) is 1.44. The lowest BCUT2D eigenvalue weighted by Crippen LogP contribution is -2.36. The van der Waals surface area contributed by atoms with Crippen LogP contribution in [-0.4, -0.2) is 41.4 Å². The Morgan fingerprint density at radius 2 is 2.12 bits per heavy atom. The van der Waals surface area contributed by atoms with Crippen molar-refractivity contribution >= 4 is 23.4 Å². The average Bonchev–Trinajstić information content (AvgIpc) is 3.04. The number of benzene rings is 1. The molecule has 0 aliphatic rings. The van der Waals surface area contributed by atoms with E-state index in [-0.39, 0.29) is 11.2 Å². The van der Waals surface area contributed by atoms with E-state index < -0.39 is 0 Å². The molecule has 0 bridgehead atoms. The number of carbonyl (C=O) groups is 1. The van der Waals surface area contributed by atoms with Crippen LogP contribution in [0.3, 0.4) is 0 Å². The molecule has 0 N–H and O–H groups in total. The van der Waals surface area contributed by atoms with E-state index in [1.165, 1.54) is 11.8 Å². The van der Waals surface area contributed by atoms with Gasteiger partial charge in [0.15, 0.2) is 0 Å². The topological polar surface area (TPSA) is 56.6 Å². The molecule has 6 nitrogen and oxygen atoms in total. The number of methoxy groups -OCH3 is 2. The first-order chi connectivity index (χ1) is 11.5. The van der Waals surface area contributed by atoms with Crippen molar-refractivity contribution in [3.05, 3.63) is 36.2 Å². The fraction of sp³-hybridized carbons (Fsp3) is 0.412. The fourth-order valence-electron chi connectivity index (χ4n) is 2.32. The second-order valence-electron chi connectivity index (χ2n) is 5.35. The Balaban J connectivity index is 2.36. The Bertz CT molecular complexity index is 702. The number of aromatic nitrogens is 2. The second kappa shape index (κ2) is 8.10.